The van der Waals surface area contributed by atoms with Gasteiger partial charge in [-0.15, -0.1) is 0 Å². The maximum atomic E-state index is 6.30. The van der Waals surface area contributed by atoms with Gasteiger partial charge in [0.1, 0.15) is 11.6 Å². The Hall–Kier alpha value is -2.89. The second-order valence-electron chi connectivity index (χ2n) is 10.0. The van der Waals surface area contributed by atoms with E-state index in [9.17, 15) is 0 Å². The smallest absolute Gasteiger partial charge is 0.129 e. The summed E-state index contributed by atoms with van der Waals surface area (Å²) in [6.45, 7) is 13.0. The number of hydrogen-bond acceptors (Lipinski definition) is 5. The molecule has 1 saturated heterocycles. The summed E-state index contributed by atoms with van der Waals surface area (Å²) in [4.78, 5) is 9.72. The van der Waals surface area contributed by atoms with Crippen LogP contribution in [0.2, 0.25) is 0 Å². The first kappa shape index (κ1) is 25.2. The van der Waals surface area contributed by atoms with Gasteiger partial charge in [-0.25, -0.2) is 4.98 Å². The summed E-state index contributed by atoms with van der Waals surface area (Å²) in [5.41, 5.74) is 10.5. The predicted octanol–water partition coefficient (Wildman–Crippen LogP) is 5.68. The summed E-state index contributed by atoms with van der Waals surface area (Å²) in [5.74, 6) is 2.03. The standard InChI is InChI=1S/C30H40N4O/c1-23(2)15-21-35-29-22-26(12-13-27(29)28-10-7-11-30(31)32-28)24(3)34-19-17-33(18-20-34)16-14-25-8-5-4-6-9-25/h4-13,22-24H,14-21H2,1-3H3,(H2,31,32). The maximum Gasteiger partial charge on any atom is 0.129 e. The van der Waals surface area contributed by atoms with E-state index in [4.69, 9.17) is 10.5 Å². The van der Waals surface area contributed by atoms with Gasteiger partial charge in [0.2, 0.25) is 0 Å². The van der Waals surface area contributed by atoms with E-state index in [1.807, 2.05) is 18.2 Å². The molecule has 1 aliphatic rings. The van der Waals surface area contributed by atoms with E-state index in [-0.39, 0.29) is 0 Å². The van der Waals surface area contributed by atoms with Crippen LogP contribution in [0.3, 0.4) is 0 Å². The van der Waals surface area contributed by atoms with Crippen LogP contribution in [0.25, 0.3) is 11.3 Å². The third-order valence-electron chi connectivity index (χ3n) is 7.00. The molecule has 1 aliphatic heterocycles. The minimum Gasteiger partial charge on any atom is -0.493 e. The molecule has 0 amide bonds. The van der Waals surface area contributed by atoms with Crippen LogP contribution >= 0.6 is 0 Å². The quantitative estimate of drug-likeness (QED) is 0.412. The van der Waals surface area contributed by atoms with Gasteiger partial charge < -0.3 is 15.4 Å². The molecule has 5 heteroatoms. The molecule has 186 valence electrons. The lowest BCUT2D eigenvalue weighted by Gasteiger charge is -2.38. The van der Waals surface area contributed by atoms with Gasteiger partial charge in [0.25, 0.3) is 0 Å². The summed E-state index contributed by atoms with van der Waals surface area (Å²) in [7, 11) is 0. The van der Waals surface area contributed by atoms with Crippen molar-refractivity contribution in [2.24, 2.45) is 5.92 Å². The fourth-order valence-electron chi connectivity index (χ4n) is 4.65. The van der Waals surface area contributed by atoms with E-state index < -0.39 is 0 Å². The number of aromatic nitrogens is 1. The van der Waals surface area contributed by atoms with E-state index in [2.05, 4.69) is 84.1 Å². The zero-order valence-corrected chi connectivity index (χ0v) is 21.5. The fourth-order valence-corrected chi connectivity index (χ4v) is 4.65. The summed E-state index contributed by atoms with van der Waals surface area (Å²) >= 11 is 0. The second-order valence-corrected chi connectivity index (χ2v) is 10.0. The second kappa shape index (κ2) is 12.2. The maximum absolute atomic E-state index is 6.30. The highest BCUT2D eigenvalue weighted by atomic mass is 16.5. The zero-order valence-electron chi connectivity index (χ0n) is 21.5. The first-order chi connectivity index (χ1) is 17.0. The predicted molar refractivity (Wildman–Crippen MR) is 146 cm³/mol. The van der Waals surface area contributed by atoms with Crippen molar-refractivity contribution in [2.45, 2.75) is 39.7 Å². The number of benzene rings is 2. The first-order valence-electron chi connectivity index (χ1n) is 13.0. The number of rotatable bonds is 10. The Morgan fingerprint density at radius 2 is 1.69 bits per heavy atom. The molecule has 2 heterocycles. The largest absolute Gasteiger partial charge is 0.493 e. The van der Waals surface area contributed by atoms with E-state index in [1.165, 1.54) is 11.1 Å². The minimum atomic E-state index is 0.335. The lowest BCUT2D eigenvalue weighted by atomic mass is 10.0. The Labute approximate surface area is 210 Å². The molecule has 0 aliphatic carbocycles. The third-order valence-corrected chi connectivity index (χ3v) is 7.00. The monoisotopic (exact) mass is 472 g/mol. The summed E-state index contributed by atoms with van der Waals surface area (Å²) in [5, 5.41) is 0. The topological polar surface area (TPSA) is 54.6 Å². The van der Waals surface area contributed by atoms with E-state index >= 15 is 0 Å². The van der Waals surface area contributed by atoms with Crippen molar-refractivity contribution < 1.29 is 4.74 Å². The van der Waals surface area contributed by atoms with E-state index in [1.54, 1.807) is 0 Å². The number of hydrogen-bond donors (Lipinski definition) is 1. The van der Waals surface area contributed by atoms with Gasteiger partial charge in [-0.05, 0) is 61.1 Å². The summed E-state index contributed by atoms with van der Waals surface area (Å²) in [6.07, 6.45) is 2.14. The third kappa shape index (κ3) is 7.06. The van der Waals surface area contributed by atoms with Crippen LogP contribution in [-0.4, -0.2) is 54.1 Å². The molecule has 0 saturated carbocycles. The SMILES string of the molecule is CC(C)CCOc1cc(C(C)N2CCN(CCc3ccccc3)CC2)ccc1-c1cccc(N)n1. The highest BCUT2D eigenvalue weighted by Crippen LogP contribution is 2.34. The molecule has 1 aromatic heterocycles. The van der Waals surface area contributed by atoms with Crippen LogP contribution in [0.4, 0.5) is 5.82 Å². The Balaban J connectivity index is 1.41. The summed E-state index contributed by atoms with van der Waals surface area (Å²) < 4.78 is 6.30. The van der Waals surface area contributed by atoms with Crippen molar-refractivity contribution in [3.05, 3.63) is 77.9 Å². The zero-order chi connectivity index (χ0) is 24.6. The highest BCUT2D eigenvalue weighted by Gasteiger charge is 2.23. The fraction of sp³-hybridized carbons (Fsp3) is 0.433. The van der Waals surface area contributed by atoms with Crippen LogP contribution < -0.4 is 10.5 Å². The van der Waals surface area contributed by atoms with Crippen molar-refractivity contribution in [3.8, 4) is 17.0 Å². The van der Waals surface area contributed by atoms with Gasteiger partial charge in [0, 0.05) is 44.3 Å². The van der Waals surface area contributed by atoms with Gasteiger partial charge in [0.05, 0.1) is 12.3 Å². The van der Waals surface area contributed by atoms with Crippen molar-refractivity contribution in [3.63, 3.8) is 0 Å². The number of nitrogens with two attached hydrogens (primary N) is 1. The number of nitrogens with zero attached hydrogens (tertiary/aromatic N) is 3. The molecule has 1 fully saturated rings. The number of anilines is 1. The van der Waals surface area contributed by atoms with Crippen LogP contribution in [0.15, 0.2) is 66.7 Å². The van der Waals surface area contributed by atoms with Crippen LogP contribution in [0.1, 0.15) is 44.4 Å². The first-order valence-corrected chi connectivity index (χ1v) is 13.0. The molecule has 3 aromatic rings. The average molecular weight is 473 g/mol. The number of piperazine rings is 1. The number of ether oxygens (including phenoxy) is 1. The van der Waals surface area contributed by atoms with Crippen molar-refractivity contribution in [1.82, 2.24) is 14.8 Å². The molecule has 1 atom stereocenters. The molecule has 2 N–H and O–H groups in total. The molecule has 35 heavy (non-hydrogen) atoms. The Morgan fingerprint density at radius 3 is 2.40 bits per heavy atom. The Morgan fingerprint density at radius 1 is 0.914 bits per heavy atom. The molecule has 4 rings (SSSR count). The van der Waals surface area contributed by atoms with E-state index in [0.717, 1.165) is 62.6 Å². The number of nitrogen functional groups attached to an aromatic ring is 1. The normalized spacial score (nSPS) is 15.9. The van der Waals surface area contributed by atoms with Crippen molar-refractivity contribution >= 4 is 5.82 Å². The van der Waals surface area contributed by atoms with Gasteiger partial charge in [-0.3, -0.25) is 4.90 Å². The van der Waals surface area contributed by atoms with Crippen LogP contribution in [0.5, 0.6) is 5.75 Å². The molecule has 1 unspecified atom stereocenters. The highest BCUT2D eigenvalue weighted by molar-refractivity contribution is 5.69. The lowest BCUT2D eigenvalue weighted by molar-refractivity contribution is 0.103. The molecular weight excluding hydrogens is 432 g/mol. The molecular formula is C30H40N4O. The van der Waals surface area contributed by atoms with Gasteiger partial charge in [0.15, 0.2) is 0 Å². The molecule has 0 radical (unpaired) electrons. The molecule has 5 nitrogen and oxygen atoms in total. The molecule has 0 bridgehead atoms. The Kier molecular flexibility index (Phi) is 8.78. The van der Waals surface area contributed by atoms with Crippen LogP contribution in [-0.2, 0) is 6.42 Å². The molecule has 0 spiro atoms. The Bertz CT molecular complexity index is 1060. The molecule has 2 aromatic carbocycles. The van der Waals surface area contributed by atoms with Crippen molar-refractivity contribution in [2.75, 3.05) is 45.1 Å². The van der Waals surface area contributed by atoms with Crippen LogP contribution in [0, 0.1) is 5.92 Å². The van der Waals surface area contributed by atoms with E-state index in [0.29, 0.717) is 24.4 Å². The minimum absolute atomic E-state index is 0.335. The van der Waals surface area contributed by atoms with Gasteiger partial charge in [-0.1, -0.05) is 56.3 Å². The number of pyridine rings is 1. The lowest BCUT2D eigenvalue weighted by Crippen LogP contribution is -2.47. The van der Waals surface area contributed by atoms with Gasteiger partial charge >= 0.3 is 0 Å². The van der Waals surface area contributed by atoms with Gasteiger partial charge in [-0.2, -0.15) is 0 Å². The van der Waals surface area contributed by atoms with Crippen molar-refractivity contribution in [1.29, 1.82) is 0 Å². The summed E-state index contributed by atoms with van der Waals surface area (Å²) in [6, 6.07) is 23.5. The average Bonchev–Trinajstić information content (AvgIpc) is 2.88.